The Hall–Kier alpha value is -4.02. The molecule has 1 spiro atoms. The molecule has 4 fully saturated rings. The zero-order valence-corrected chi connectivity index (χ0v) is 24.1. The highest BCUT2D eigenvalue weighted by Crippen LogP contribution is 2.65. The molecule has 3 unspecified atom stereocenters. The van der Waals surface area contributed by atoms with E-state index in [2.05, 4.69) is 45.9 Å². The van der Waals surface area contributed by atoms with Crippen LogP contribution in [0.2, 0.25) is 0 Å². The highest BCUT2D eigenvalue weighted by Gasteiger charge is 2.63. The minimum absolute atomic E-state index is 0.102. The summed E-state index contributed by atoms with van der Waals surface area (Å²) in [6.45, 7) is 8.29. The van der Waals surface area contributed by atoms with Gasteiger partial charge in [0.05, 0.1) is 12.2 Å². The fourth-order valence-corrected chi connectivity index (χ4v) is 7.64. The average Bonchev–Trinajstić information content (AvgIpc) is 3.70. The molecule has 3 atom stereocenters. The number of hydrogen-bond donors (Lipinski definition) is 2. The lowest BCUT2D eigenvalue weighted by molar-refractivity contribution is -0.0324. The number of nitrogens with one attached hydrogen (secondary N) is 1. The Labute approximate surface area is 244 Å². The van der Waals surface area contributed by atoms with Crippen molar-refractivity contribution in [3.8, 4) is 5.82 Å². The second-order valence-corrected chi connectivity index (χ2v) is 12.6. The summed E-state index contributed by atoms with van der Waals surface area (Å²) in [5, 5.41) is 15.5. The zero-order valence-electron chi connectivity index (χ0n) is 24.1. The second-order valence-electron chi connectivity index (χ2n) is 12.6. The summed E-state index contributed by atoms with van der Waals surface area (Å²) < 4.78 is 3.31. The summed E-state index contributed by atoms with van der Waals surface area (Å²) >= 11 is 0. The third-order valence-corrected chi connectivity index (χ3v) is 10.4. The van der Waals surface area contributed by atoms with Crippen molar-refractivity contribution in [2.45, 2.75) is 63.3 Å². The number of aromatic nitrogens is 5. The van der Waals surface area contributed by atoms with Crippen molar-refractivity contribution < 1.29 is 5.11 Å². The number of pyridine rings is 1. The van der Waals surface area contributed by atoms with Crippen molar-refractivity contribution in [1.82, 2.24) is 29.2 Å². The van der Waals surface area contributed by atoms with E-state index in [0.717, 1.165) is 49.3 Å². The Morgan fingerprint density at radius 3 is 2.55 bits per heavy atom. The number of likely N-dealkylation sites (N-methyl/N-ethyl adjacent to an activating group) is 1. The standard InChI is InChI=1S/C32H36N8O2/c1-4-14-39-29(41)25-17-33-30(34-21-7-9-22(10-8-21)38-18-23-15-24(19-38)37(23)3)36-28(25)40(39)26-11-6-20-16-31(12-13-31)32(42,5-2)27(20)35-26/h4,6-11,17,23-24,42H,1,5,12-16,18-19H2,2-3H3,(H,33,34,36). The molecule has 3 aliphatic heterocycles. The Morgan fingerprint density at radius 2 is 1.88 bits per heavy atom. The number of allylic oxidation sites excluding steroid dienone is 1. The van der Waals surface area contributed by atoms with Crippen LogP contribution in [0.4, 0.5) is 17.3 Å². The highest BCUT2D eigenvalue weighted by atomic mass is 16.3. The van der Waals surface area contributed by atoms with Crippen LogP contribution in [0, 0.1) is 5.41 Å². The van der Waals surface area contributed by atoms with Gasteiger partial charge in [-0.1, -0.05) is 19.1 Å². The SMILES string of the molecule is C=CCn1c(=O)c2cnc(Nc3ccc(N4CC5CC(C4)N5C)cc3)nc2n1-c1ccc2c(n1)C(O)(CC)C1(CC1)C2. The number of benzene rings is 1. The third kappa shape index (κ3) is 3.57. The predicted molar refractivity (Wildman–Crippen MR) is 163 cm³/mol. The maximum absolute atomic E-state index is 13.5. The van der Waals surface area contributed by atoms with E-state index in [-0.39, 0.29) is 17.5 Å². The molecule has 1 aromatic carbocycles. The third-order valence-electron chi connectivity index (χ3n) is 10.4. The quantitative estimate of drug-likeness (QED) is 0.327. The Bertz CT molecular complexity index is 1780. The number of aliphatic hydroxyl groups is 1. The van der Waals surface area contributed by atoms with E-state index in [4.69, 9.17) is 9.97 Å². The van der Waals surface area contributed by atoms with E-state index >= 15 is 0 Å². The van der Waals surface area contributed by atoms with Crippen LogP contribution in [0.5, 0.6) is 0 Å². The van der Waals surface area contributed by atoms with Crippen LogP contribution >= 0.6 is 0 Å². The van der Waals surface area contributed by atoms with Gasteiger partial charge in [0, 0.05) is 48.2 Å². The van der Waals surface area contributed by atoms with Gasteiger partial charge >= 0.3 is 0 Å². The summed E-state index contributed by atoms with van der Waals surface area (Å²) in [6.07, 6.45) is 8.02. The van der Waals surface area contributed by atoms with E-state index < -0.39 is 5.60 Å². The first-order valence-electron chi connectivity index (χ1n) is 15.0. The summed E-state index contributed by atoms with van der Waals surface area (Å²) in [4.78, 5) is 32.7. The topological polar surface area (TPSA) is 104 Å². The molecule has 9 rings (SSSR count). The summed E-state index contributed by atoms with van der Waals surface area (Å²) in [6, 6.07) is 13.6. The molecule has 4 aromatic rings. The van der Waals surface area contributed by atoms with Gasteiger partial charge in [-0.3, -0.25) is 9.69 Å². The summed E-state index contributed by atoms with van der Waals surface area (Å²) in [5.74, 6) is 0.940. The smallest absolute Gasteiger partial charge is 0.278 e. The molecule has 3 saturated heterocycles. The van der Waals surface area contributed by atoms with Crippen molar-refractivity contribution in [1.29, 1.82) is 0 Å². The van der Waals surface area contributed by atoms with Gasteiger partial charge in [-0.2, -0.15) is 4.98 Å². The number of anilines is 3. The van der Waals surface area contributed by atoms with Gasteiger partial charge < -0.3 is 15.3 Å². The number of hydrogen-bond acceptors (Lipinski definition) is 8. The molecule has 0 amide bonds. The van der Waals surface area contributed by atoms with Gasteiger partial charge in [0.25, 0.3) is 5.56 Å². The van der Waals surface area contributed by atoms with Gasteiger partial charge in [0.15, 0.2) is 11.5 Å². The van der Waals surface area contributed by atoms with E-state index in [1.165, 1.54) is 12.1 Å². The lowest BCUT2D eigenvalue weighted by Crippen LogP contribution is -2.67. The second kappa shape index (κ2) is 8.99. The van der Waals surface area contributed by atoms with Crippen molar-refractivity contribution in [3.05, 3.63) is 76.9 Å². The van der Waals surface area contributed by atoms with E-state index in [0.29, 0.717) is 41.3 Å². The molecule has 216 valence electrons. The predicted octanol–water partition coefficient (Wildman–Crippen LogP) is 3.73. The minimum Gasteiger partial charge on any atom is -0.383 e. The summed E-state index contributed by atoms with van der Waals surface area (Å²) in [5.41, 5.74) is 3.09. The Morgan fingerprint density at radius 1 is 1.12 bits per heavy atom. The van der Waals surface area contributed by atoms with Gasteiger partial charge in [-0.15, -0.1) is 6.58 Å². The first-order valence-corrected chi connectivity index (χ1v) is 15.0. The lowest BCUT2D eigenvalue weighted by Gasteiger charge is -2.55. The number of fused-ring (bicyclic) bond motifs is 4. The van der Waals surface area contributed by atoms with Gasteiger partial charge in [-0.25, -0.2) is 19.3 Å². The van der Waals surface area contributed by atoms with Gasteiger partial charge in [0.2, 0.25) is 5.95 Å². The van der Waals surface area contributed by atoms with Crippen molar-refractivity contribution in [2.75, 3.05) is 30.4 Å². The van der Waals surface area contributed by atoms with Gasteiger partial charge in [-0.05, 0) is 75.0 Å². The minimum atomic E-state index is -0.955. The average molecular weight is 565 g/mol. The fourth-order valence-electron chi connectivity index (χ4n) is 7.64. The van der Waals surface area contributed by atoms with Crippen molar-refractivity contribution >= 4 is 28.4 Å². The molecular weight excluding hydrogens is 528 g/mol. The molecule has 3 aromatic heterocycles. The molecule has 2 N–H and O–H groups in total. The Balaban J connectivity index is 1.14. The van der Waals surface area contributed by atoms with Crippen LogP contribution in [0.3, 0.4) is 0 Å². The maximum atomic E-state index is 13.5. The molecule has 6 heterocycles. The largest absolute Gasteiger partial charge is 0.383 e. The first kappa shape index (κ1) is 25.7. The van der Waals surface area contributed by atoms with E-state index in [1.54, 1.807) is 21.6 Å². The number of piperazine rings is 1. The van der Waals surface area contributed by atoms with Gasteiger partial charge in [0.1, 0.15) is 11.0 Å². The zero-order chi connectivity index (χ0) is 28.8. The molecule has 2 aliphatic carbocycles. The normalized spacial score (nSPS) is 25.5. The Kier molecular flexibility index (Phi) is 5.49. The maximum Gasteiger partial charge on any atom is 0.278 e. The monoisotopic (exact) mass is 564 g/mol. The summed E-state index contributed by atoms with van der Waals surface area (Å²) in [7, 11) is 2.22. The number of rotatable bonds is 7. The highest BCUT2D eigenvalue weighted by molar-refractivity contribution is 5.77. The molecule has 10 heteroatoms. The fraction of sp³-hybridized carbons (Fsp3) is 0.438. The van der Waals surface area contributed by atoms with Crippen molar-refractivity contribution in [2.24, 2.45) is 5.41 Å². The molecular formula is C32H36N8O2. The van der Waals surface area contributed by atoms with E-state index in [1.807, 2.05) is 31.2 Å². The molecule has 10 nitrogen and oxygen atoms in total. The molecule has 0 radical (unpaired) electrons. The van der Waals surface area contributed by atoms with Crippen LogP contribution < -0.4 is 15.8 Å². The molecule has 2 bridgehead atoms. The first-order chi connectivity index (χ1) is 20.3. The van der Waals surface area contributed by atoms with Crippen LogP contribution in [0.1, 0.15) is 43.9 Å². The van der Waals surface area contributed by atoms with Crippen molar-refractivity contribution in [3.63, 3.8) is 0 Å². The molecule has 1 saturated carbocycles. The molecule has 5 aliphatic rings. The van der Waals surface area contributed by atoms with Crippen LogP contribution in [-0.2, 0) is 18.6 Å². The molecule has 42 heavy (non-hydrogen) atoms. The van der Waals surface area contributed by atoms with Crippen LogP contribution in [0.25, 0.3) is 16.9 Å². The lowest BCUT2D eigenvalue weighted by atomic mass is 9.84. The number of nitrogens with zero attached hydrogens (tertiary/aromatic N) is 7. The van der Waals surface area contributed by atoms with E-state index in [9.17, 15) is 9.90 Å². The van der Waals surface area contributed by atoms with Crippen LogP contribution in [0.15, 0.2) is 60.0 Å². The number of piperidine rings is 1. The van der Waals surface area contributed by atoms with Crippen LogP contribution in [-0.4, -0.2) is 66.5 Å².